The van der Waals surface area contributed by atoms with E-state index in [4.69, 9.17) is 21.1 Å². The molecule has 1 aliphatic heterocycles. The van der Waals surface area contributed by atoms with E-state index in [1.165, 1.54) is 0 Å². The second-order valence-electron chi connectivity index (χ2n) is 4.19. The summed E-state index contributed by atoms with van der Waals surface area (Å²) in [6.07, 6.45) is 1.14. The molecule has 3 nitrogen and oxygen atoms in total. The van der Waals surface area contributed by atoms with Gasteiger partial charge in [-0.1, -0.05) is 11.6 Å². The Balaban J connectivity index is 1.90. The number of hydrogen-bond donors (Lipinski definition) is 1. The van der Waals surface area contributed by atoms with E-state index in [1.807, 2.05) is 25.1 Å². The lowest BCUT2D eigenvalue weighted by atomic mass is 10.1. The third-order valence-electron chi connectivity index (χ3n) is 2.85. The number of rotatable bonds is 5. The molecular formula is C13H18ClNO2. The lowest BCUT2D eigenvalue weighted by Crippen LogP contribution is -2.13. The summed E-state index contributed by atoms with van der Waals surface area (Å²) in [4.78, 5) is 0. The highest BCUT2D eigenvalue weighted by Gasteiger charge is 2.15. The summed E-state index contributed by atoms with van der Waals surface area (Å²) in [5.74, 6) is 1.35. The van der Waals surface area contributed by atoms with Crippen LogP contribution in [0.1, 0.15) is 13.3 Å². The molecule has 0 bridgehead atoms. The van der Waals surface area contributed by atoms with Crippen molar-refractivity contribution in [1.82, 2.24) is 0 Å². The lowest BCUT2D eigenvalue weighted by molar-refractivity contribution is 0.187. The predicted molar refractivity (Wildman–Crippen MR) is 70.0 cm³/mol. The van der Waals surface area contributed by atoms with E-state index < -0.39 is 0 Å². The molecule has 1 saturated heterocycles. The highest BCUT2D eigenvalue weighted by molar-refractivity contribution is 6.32. The summed E-state index contributed by atoms with van der Waals surface area (Å²) >= 11 is 6.11. The molecule has 0 amide bonds. The van der Waals surface area contributed by atoms with E-state index in [0.29, 0.717) is 17.5 Å². The van der Waals surface area contributed by atoms with E-state index in [-0.39, 0.29) is 0 Å². The first-order valence-corrected chi connectivity index (χ1v) is 6.41. The Morgan fingerprint density at radius 1 is 1.53 bits per heavy atom. The van der Waals surface area contributed by atoms with Crippen LogP contribution < -0.4 is 10.1 Å². The molecule has 1 N–H and O–H groups in total. The number of nitrogens with one attached hydrogen (secondary N) is 1. The Morgan fingerprint density at radius 2 is 2.41 bits per heavy atom. The largest absolute Gasteiger partial charge is 0.492 e. The van der Waals surface area contributed by atoms with E-state index in [2.05, 4.69) is 5.32 Å². The first-order valence-electron chi connectivity index (χ1n) is 6.03. The Bertz CT molecular complexity index is 364. The van der Waals surface area contributed by atoms with Crippen molar-refractivity contribution in [2.75, 3.05) is 31.7 Å². The number of ether oxygens (including phenoxy) is 2. The van der Waals surface area contributed by atoms with Crippen LogP contribution in [0.3, 0.4) is 0 Å². The van der Waals surface area contributed by atoms with Gasteiger partial charge >= 0.3 is 0 Å². The molecule has 94 valence electrons. The number of anilines is 1. The first-order chi connectivity index (χ1) is 8.29. The van der Waals surface area contributed by atoms with Gasteiger partial charge in [0.1, 0.15) is 5.75 Å². The van der Waals surface area contributed by atoms with Crippen molar-refractivity contribution in [3.8, 4) is 5.75 Å². The third kappa shape index (κ3) is 3.51. The fraction of sp³-hybridized carbons (Fsp3) is 0.538. The molecule has 1 aromatic rings. The standard InChI is InChI=1S/C13H18ClNO2/c1-2-17-13-4-3-11(7-12(13)14)15-8-10-5-6-16-9-10/h3-4,7,10,15H,2,5-6,8-9H2,1H3. The lowest BCUT2D eigenvalue weighted by Gasteiger charge is -2.12. The van der Waals surface area contributed by atoms with Gasteiger partial charge < -0.3 is 14.8 Å². The summed E-state index contributed by atoms with van der Waals surface area (Å²) in [5, 5.41) is 4.03. The molecular weight excluding hydrogens is 238 g/mol. The topological polar surface area (TPSA) is 30.5 Å². The zero-order valence-corrected chi connectivity index (χ0v) is 10.8. The van der Waals surface area contributed by atoms with Crippen LogP contribution in [0.25, 0.3) is 0 Å². The van der Waals surface area contributed by atoms with E-state index in [9.17, 15) is 0 Å². The normalized spacial score (nSPS) is 19.3. The van der Waals surface area contributed by atoms with Gasteiger partial charge in [-0.3, -0.25) is 0 Å². The zero-order valence-electron chi connectivity index (χ0n) is 10.0. The van der Waals surface area contributed by atoms with E-state index in [0.717, 1.165) is 37.6 Å². The van der Waals surface area contributed by atoms with Crippen molar-refractivity contribution in [2.24, 2.45) is 5.92 Å². The second kappa shape index (κ2) is 6.12. The van der Waals surface area contributed by atoms with Gasteiger partial charge in [-0.25, -0.2) is 0 Å². The van der Waals surface area contributed by atoms with Crippen LogP contribution in [0.4, 0.5) is 5.69 Å². The Labute approximate surface area is 107 Å². The molecule has 0 aliphatic carbocycles. The van der Waals surface area contributed by atoms with Gasteiger partial charge in [0.15, 0.2) is 0 Å². The SMILES string of the molecule is CCOc1ccc(NCC2CCOC2)cc1Cl. The van der Waals surface area contributed by atoms with Crippen molar-refractivity contribution in [3.63, 3.8) is 0 Å². The van der Waals surface area contributed by atoms with Gasteiger partial charge in [0.25, 0.3) is 0 Å². The molecule has 17 heavy (non-hydrogen) atoms. The van der Waals surface area contributed by atoms with Gasteiger partial charge in [-0.2, -0.15) is 0 Å². The van der Waals surface area contributed by atoms with Gasteiger partial charge in [0.2, 0.25) is 0 Å². The van der Waals surface area contributed by atoms with E-state index >= 15 is 0 Å². The van der Waals surface area contributed by atoms with Crippen LogP contribution in [0.15, 0.2) is 18.2 Å². The first kappa shape index (κ1) is 12.5. The zero-order chi connectivity index (χ0) is 12.1. The van der Waals surface area contributed by atoms with Crippen LogP contribution in [-0.2, 0) is 4.74 Å². The minimum absolute atomic E-state index is 0.611. The smallest absolute Gasteiger partial charge is 0.138 e. The molecule has 1 atom stereocenters. The molecule has 0 aromatic heterocycles. The molecule has 0 radical (unpaired) electrons. The van der Waals surface area contributed by atoms with Crippen molar-refractivity contribution >= 4 is 17.3 Å². The monoisotopic (exact) mass is 255 g/mol. The molecule has 1 aromatic carbocycles. The predicted octanol–water partition coefficient (Wildman–Crippen LogP) is 3.19. The van der Waals surface area contributed by atoms with Crippen molar-refractivity contribution in [3.05, 3.63) is 23.2 Å². The van der Waals surface area contributed by atoms with Crippen molar-refractivity contribution in [1.29, 1.82) is 0 Å². The minimum Gasteiger partial charge on any atom is -0.492 e. The summed E-state index contributed by atoms with van der Waals surface area (Å²) in [6.45, 7) is 5.26. The molecule has 0 saturated carbocycles. The van der Waals surface area contributed by atoms with Crippen molar-refractivity contribution < 1.29 is 9.47 Å². The van der Waals surface area contributed by atoms with E-state index in [1.54, 1.807) is 0 Å². The molecule has 1 fully saturated rings. The number of hydrogen-bond acceptors (Lipinski definition) is 3. The quantitative estimate of drug-likeness (QED) is 0.877. The molecule has 1 heterocycles. The van der Waals surface area contributed by atoms with Gasteiger partial charge in [-0.05, 0) is 31.5 Å². The fourth-order valence-corrected chi connectivity index (χ4v) is 2.12. The fourth-order valence-electron chi connectivity index (χ4n) is 1.89. The van der Waals surface area contributed by atoms with Crippen LogP contribution in [0.2, 0.25) is 5.02 Å². The minimum atomic E-state index is 0.611. The Hall–Kier alpha value is -0.930. The Morgan fingerprint density at radius 3 is 3.06 bits per heavy atom. The number of benzene rings is 1. The average molecular weight is 256 g/mol. The molecule has 4 heteroatoms. The summed E-state index contributed by atoms with van der Waals surface area (Å²) in [5.41, 5.74) is 1.03. The maximum atomic E-state index is 6.11. The highest BCUT2D eigenvalue weighted by Crippen LogP contribution is 2.28. The molecule has 1 unspecified atom stereocenters. The summed E-state index contributed by atoms with van der Waals surface area (Å²) in [6, 6.07) is 5.80. The third-order valence-corrected chi connectivity index (χ3v) is 3.15. The van der Waals surface area contributed by atoms with Crippen LogP contribution >= 0.6 is 11.6 Å². The summed E-state index contributed by atoms with van der Waals surface area (Å²) in [7, 11) is 0. The van der Waals surface area contributed by atoms with Gasteiger partial charge in [-0.15, -0.1) is 0 Å². The van der Waals surface area contributed by atoms with Crippen LogP contribution in [0, 0.1) is 5.92 Å². The van der Waals surface area contributed by atoms with Crippen molar-refractivity contribution in [2.45, 2.75) is 13.3 Å². The second-order valence-corrected chi connectivity index (χ2v) is 4.60. The van der Waals surface area contributed by atoms with Gasteiger partial charge in [0.05, 0.1) is 18.2 Å². The maximum Gasteiger partial charge on any atom is 0.138 e. The highest BCUT2D eigenvalue weighted by atomic mass is 35.5. The number of halogens is 1. The molecule has 1 aliphatic rings. The molecule has 2 rings (SSSR count). The van der Waals surface area contributed by atoms with Gasteiger partial charge in [0, 0.05) is 24.8 Å². The van der Waals surface area contributed by atoms with Crippen LogP contribution in [-0.4, -0.2) is 26.4 Å². The van der Waals surface area contributed by atoms with Crippen LogP contribution in [0.5, 0.6) is 5.75 Å². The summed E-state index contributed by atoms with van der Waals surface area (Å²) < 4.78 is 10.7. The Kier molecular flexibility index (Phi) is 4.51. The maximum absolute atomic E-state index is 6.11. The molecule has 0 spiro atoms. The average Bonchev–Trinajstić information content (AvgIpc) is 2.83.